The molecule has 0 spiro atoms. The number of nitrogens with zero attached hydrogens (tertiary/aromatic N) is 2. The van der Waals surface area contributed by atoms with Gasteiger partial charge in [0, 0.05) is 6.54 Å². The van der Waals surface area contributed by atoms with Crippen LogP contribution in [0.4, 0.5) is 10.7 Å². The summed E-state index contributed by atoms with van der Waals surface area (Å²) in [6.45, 7) is 0.00237. The lowest BCUT2D eigenvalue weighted by molar-refractivity contribution is -0.146. The first kappa shape index (κ1) is 26.5. The third-order valence-electron chi connectivity index (χ3n) is 4.99. The number of methoxy groups -OCH3 is 3. The fourth-order valence-corrected chi connectivity index (χ4v) is 5.64. The van der Waals surface area contributed by atoms with Gasteiger partial charge < -0.3 is 14.2 Å². The Bertz CT molecular complexity index is 1060. The number of rotatable bonds is 9. The topological polar surface area (TPSA) is 192 Å². The lowest BCUT2D eigenvalue weighted by atomic mass is 9.81. The van der Waals surface area contributed by atoms with Crippen molar-refractivity contribution in [3.8, 4) is 11.8 Å². The summed E-state index contributed by atoms with van der Waals surface area (Å²) in [4.78, 5) is 32.3. The molecule has 1 aromatic heterocycles. The summed E-state index contributed by atoms with van der Waals surface area (Å²) in [6, 6.07) is 0.193. The third kappa shape index (κ3) is 7.68. The average Bonchev–Trinajstić information content (AvgIpc) is 2.75. The van der Waals surface area contributed by atoms with Gasteiger partial charge in [0.2, 0.25) is 37.8 Å². The fourth-order valence-electron chi connectivity index (χ4n) is 3.43. The van der Waals surface area contributed by atoms with Crippen molar-refractivity contribution >= 4 is 38.0 Å². The molecule has 1 heterocycles. The summed E-state index contributed by atoms with van der Waals surface area (Å²) in [6.07, 6.45) is 1.47. The summed E-state index contributed by atoms with van der Waals surface area (Å²) in [7, 11) is -4.06. The van der Waals surface area contributed by atoms with Crippen molar-refractivity contribution in [2.24, 2.45) is 11.8 Å². The van der Waals surface area contributed by atoms with E-state index in [1.54, 1.807) is 0 Å². The van der Waals surface area contributed by atoms with E-state index < -0.39 is 43.2 Å². The van der Waals surface area contributed by atoms with Gasteiger partial charge in [-0.25, -0.2) is 31.1 Å². The van der Waals surface area contributed by atoms with Gasteiger partial charge in [-0.15, -0.1) is 0 Å². The quantitative estimate of drug-likeness (QED) is 0.362. The van der Waals surface area contributed by atoms with Gasteiger partial charge >= 0.3 is 12.0 Å². The Morgan fingerprint density at radius 3 is 2.18 bits per heavy atom. The zero-order valence-electron chi connectivity index (χ0n) is 18.5. The fraction of sp³-hybridized carbons (Fsp3) is 0.647. The van der Waals surface area contributed by atoms with Crippen LogP contribution in [0.25, 0.3) is 0 Å². The van der Waals surface area contributed by atoms with Crippen LogP contribution in [0.2, 0.25) is 0 Å². The number of aromatic nitrogens is 2. The van der Waals surface area contributed by atoms with Crippen LogP contribution < -0.4 is 24.2 Å². The number of urea groups is 1. The molecule has 3 atom stereocenters. The van der Waals surface area contributed by atoms with Crippen molar-refractivity contribution in [2.45, 2.75) is 24.5 Å². The minimum Gasteiger partial charge on any atom is -0.481 e. The minimum absolute atomic E-state index is 0.00237. The highest BCUT2D eigenvalue weighted by Gasteiger charge is 2.44. The van der Waals surface area contributed by atoms with E-state index in [9.17, 15) is 26.4 Å². The first-order valence-electron chi connectivity index (χ1n) is 9.70. The summed E-state index contributed by atoms with van der Waals surface area (Å²) in [5.74, 6) is -2.26. The predicted molar refractivity (Wildman–Crippen MR) is 116 cm³/mol. The van der Waals surface area contributed by atoms with E-state index in [-0.39, 0.29) is 43.0 Å². The van der Waals surface area contributed by atoms with Crippen LogP contribution in [0.1, 0.15) is 19.3 Å². The number of nitrogens with one attached hydrogen (secondary N) is 3. The molecule has 1 fully saturated rings. The van der Waals surface area contributed by atoms with Crippen molar-refractivity contribution in [2.75, 3.05) is 39.4 Å². The van der Waals surface area contributed by atoms with Gasteiger partial charge in [0.05, 0.1) is 44.8 Å². The molecular formula is C17H27N5O9S2. The first-order valence-corrected chi connectivity index (χ1v) is 13.1. The Kier molecular flexibility index (Phi) is 8.79. The summed E-state index contributed by atoms with van der Waals surface area (Å²) >= 11 is 0. The van der Waals surface area contributed by atoms with Crippen molar-refractivity contribution in [3.63, 3.8) is 0 Å². The lowest BCUT2D eigenvalue weighted by Gasteiger charge is -2.34. The van der Waals surface area contributed by atoms with Crippen molar-refractivity contribution in [1.82, 2.24) is 19.4 Å². The van der Waals surface area contributed by atoms with Gasteiger partial charge in [-0.05, 0) is 25.2 Å². The second-order valence-electron chi connectivity index (χ2n) is 7.35. The molecule has 2 rings (SSSR count). The van der Waals surface area contributed by atoms with Gasteiger partial charge in [-0.3, -0.25) is 10.1 Å². The maximum Gasteiger partial charge on any atom is 0.335 e. The van der Waals surface area contributed by atoms with Gasteiger partial charge in [-0.1, -0.05) is 0 Å². The van der Waals surface area contributed by atoms with Gasteiger partial charge in [0.15, 0.2) is 0 Å². The molecule has 0 saturated heterocycles. The molecular weight excluding hydrogens is 482 g/mol. The number of ether oxygens (including phenoxy) is 3. The van der Waals surface area contributed by atoms with Crippen LogP contribution in [0, 0.1) is 11.8 Å². The monoisotopic (exact) mass is 509 g/mol. The molecule has 1 saturated carbocycles. The highest BCUT2D eigenvalue weighted by molar-refractivity contribution is 7.90. The van der Waals surface area contributed by atoms with E-state index in [1.165, 1.54) is 20.3 Å². The Balaban J connectivity index is 2.18. The SMILES string of the molecule is COC(=O)C1CCC(CNS(C)(=O)=O)CC1S(=O)(=O)NC(=O)Nc1nc(OC)cc(OC)n1. The second kappa shape index (κ2) is 10.9. The van der Waals surface area contributed by atoms with Crippen molar-refractivity contribution < 1.29 is 40.6 Å². The van der Waals surface area contributed by atoms with E-state index in [0.717, 1.165) is 13.4 Å². The zero-order valence-corrected chi connectivity index (χ0v) is 20.2. The highest BCUT2D eigenvalue weighted by atomic mass is 32.2. The molecule has 16 heteroatoms. The van der Waals surface area contributed by atoms with E-state index in [0.29, 0.717) is 6.42 Å². The molecule has 3 unspecified atom stereocenters. The van der Waals surface area contributed by atoms with Crippen molar-refractivity contribution in [1.29, 1.82) is 0 Å². The average molecular weight is 510 g/mol. The van der Waals surface area contributed by atoms with Gasteiger partial charge in [-0.2, -0.15) is 9.97 Å². The van der Waals surface area contributed by atoms with Crippen LogP contribution in [0.5, 0.6) is 11.8 Å². The summed E-state index contributed by atoms with van der Waals surface area (Å²) in [5, 5.41) is 0.859. The number of hydrogen-bond donors (Lipinski definition) is 3. The largest absolute Gasteiger partial charge is 0.481 e. The highest BCUT2D eigenvalue weighted by Crippen LogP contribution is 2.34. The van der Waals surface area contributed by atoms with Crippen LogP contribution in [0.15, 0.2) is 6.07 Å². The molecule has 3 N–H and O–H groups in total. The maximum absolute atomic E-state index is 13.0. The zero-order chi connectivity index (χ0) is 24.8. The molecule has 0 aromatic carbocycles. The number of anilines is 1. The molecule has 1 aliphatic rings. The minimum atomic E-state index is -4.38. The molecule has 0 aliphatic heterocycles. The number of amides is 2. The van der Waals surface area contributed by atoms with Crippen LogP contribution in [-0.2, 0) is 29.6 Å². The summed E-state index contributed by atoms with van der Waals surface area (Å²) in [5.41, 5.74) is 0. The maximum atomic E-state index is 13.0. The molecule has 0 radical (unpaired) electrons. The Labute approximate surface area is 191 Å². The number of esters is 1. The number of carbonyl (C=O) groups is 2. The number of sulfonamides is 2. The standard InChI is InChI=1S/C17H27N5O9S2/c1-29-13-8-14(30-2)20-16(19-13)21-17(24)22-33(27,28)12-7-10(9-18-32(4,25)26)5-6-11(12)15(23)31-3/h8,10-12,18H,5-7,9H2,1-4H3,(H2,19,20,21,22,24). The third-order valence-corrected chi connectivity index (χ3v) is 7.47. The molecule has 33 heavy (non-hydrogen) atoms. The number of hydrogen-bond acceptors (Lipinski definition) is 11. The van der Waals surface area contributed by atoms with Crippen molar-refractivity contribution in [3.05, 3.63) is 6.07 Å². The molecule has 0 bridgehead atoms. The van der Waals surface area contributed by atoms with Gasteiger partial charge in [0.1, 0.15) is 0 Å². The first-order chi connectivity index (χ1) is 15.4. The molecule has 186 valence electrons. The lowest BCUT2D eigenvalue weighted by Crippen LogP contribution is -2.49. The van der Waals surface area contributed by atoms with Gasteiger partial charge in [0.25, 0.3) is 0 Å². The Hall–Kier alpha value is -2.72. The Morgan fingerprint density at radius 1 is 1.06 bits per heavy atom. The summed E-state index contributed by atoms with van der Waals surface area (Å²) < 4.78 is 67.6. The second-order valence-corrected chi connectivity index (χ2v) is 11.1. The molecule has 14 nitrogen and oxygen atoms in total. The predicted octanol–water partition coefficient (Wildman–Crippen LogP) is -0.548. The molecule has 1 aliphatic carbocycles. The van der Waals surface area contributed by atoms with E-state index in [2.05, 4.69) is 20.0 Å². The normalized spacial score (nSPS) is 21.0. The smallest absolute Gasteiger partial charge is 0.335 e. The van der Waals surface area contributed by atoms with Crippen LogP contribution in [0.3, 0.4) is 0 Å². The number of carbonyl (C=O) groups excluding carboxylic acids is 2. The van der Waals surface area contributed by atoms with E-state index in [4.69, 9.17) is 14.2 Å². The van der Waals surface area contributed by atoms with E-state index >= 15 is 0 Å². The van der Waals surface area contributed by atoms with Crippen LogP contribution in [-0.4, -0.2) is 78.2 Å². The molecule has 1 aromatic rings. The molecule has 2 amide bonds. The van der Waals surface area contributed by atoms with Crippen LogP contribution >= 0.6 is 0 Å². The Morgan fingerprint density at radius 2 is 1.67 bits per heavy atom. The van der Waals surface area contributed by atoms with E-state index in [1.807, 2.05) is 4.72 Å².